The zero-order chi connectivity index (χ0) is 15.0. The molecule has 0 spiro atoms. The van der Waals surface area contributed by atoms with Crippen LogP contribution in [0.5, 0.6) is 0 Å². The van der Waals surface area contributed by atoms with Crippen molar-refractivity contribution in [2.45, 2.75) is 20.0 Å². The minimum absolute atomic E-state index is 0.0974. The number of hydrogen-bond donors (Lipinski definition) is 3. The van der Waals surface area contributed by atoms with Gasteiger partial charge in [0.15, 0.2) is 0 Å². The van der Waals surface area contributed by atoms with Gasteiger partial charge in [-0.1, -0.05) is 19.1 Å². The maximum Gasteiger partial charge on any atom is 0.258 e. The van der Waals surface area contributed by atoms with Gasteiger partial charge in [0, 0.05) is 27.6 Å². The van der Waals surface area contributed by atoms with Crippen LogP contribution in [0.15, 0.2) is 30.3 Å². The molecule has 1 unspecified atom stereocenters. The first kappa shape index (κ1) is 13.6. The second-order valence-electron chi connectivity index (χ2n) is 5.10. The van der Waals surface area contributed by atoms with Crippen LogP contribution in [-0.4, -0.2) is 24.5 Å². The molecule has 1 aliphatic heterocycles. The molecule has 0 radical (unpaired) electrons. The SMILES string of the molecule is CCNC(C)Nc1ccc2c3c(cccc13)C(=O)NC2=O. The second kappa shape index (κ2) is 5.18. The van der Waals surface area contributed by atoms with Crippen molar-refractivity contribution in [3.63, 3.8) is 0 Å². The van der Waals surface area contributed by atoms with Crippen LogP contribution in [0.2, 0.25) is 0 Å². The van der Waals surface area contributed by atoms with E-state index in [1.165, 1.54) is 0 Å². The fraction of sp³-hybridized carbons (Fsp3) is 0.250. The van der Waals surface area contributed by atoms with E-state index in [-0.39, 0.29) is 18.0 Å². The van der Waals surface area contributed by atoms with E-state index in [9.17, 15) is 9.59 Å². The quantitative estimate of drug-likeness (QED) is 0.593. The molecular weight excluding hydrogens is 266 g/mol. The summed E-state index contributed by atoms with van der Waals surface area (Å²) in [7, 11) is 0. The van der Waals surface area contributed by atoms with Crippen molar-refractivity contribution in [3.8, 4) is 0 Å². The Morgan fingerprint density at radius 3 is 2.52 bits per heavy atom. The predicted molar refractivity (Wildman–Crippen MR) is 82.5 cm³/mol. The Kier molecular flexibility index (Phi) is 3.35. The lowest BCUT2D eigenvalue weighted by Crippen LogP contribution is -2.35. The Hall–Kier alpha value is -2.40. The molecule has 0 fully saturated rings. The lowest BCUT2D eigenvalue weighted by Gasteiger charge is -2.21. The predicted octanol–water partition coefficient (Wildman–Crippen LogP) is 2.09. The third-order valence-electron chi connectivity index (χ3n) is 3.64. The summed E-state index contributed by atoms with van der Waals surface area (Å²) in [6.07, 6.45) is 0.0974. The van der Waals surface area contributed by atoms with E-state index in [0.717, 1.165) is 23.0 Å². The van der Waals surface area contributed by atoms with Crippen LogP contribution in [0, 0.1) is 0 Å². The molecule has 108 valence electrons. The molecule has 5 heteroatoms. The van der Waals surface area contributed by atoms with Crippen LogP contribution in [0.1, 0.15) is 34.6 Å². The summed E-state index contributed by atoms with van der Waals surface area (Å²) in [6, 6.07) is 9.14. The average Bonchev–Trinajstić information content (AvgIpc) is 2.46. The minimum Gasteiger partial charge on any atom is -0.370 e. The fourth-order valence-electron chi connectivity index (χ4n) is 2.74. The van der Waals surface area contributed by atoms with Gasteiger partial charge in [-0.05, 0) is 31.7 Å². The van der Waals surface area contributed by atoms with Gasteiger partial charge in [0.2, 0.25) is 0 Å². The first-order valence-electron chi connectivity index (χ1n) is 7.03. The monoisotopic (exact) mass is 283 g/mol. The van der Waals surface area contributed by atoms with Gasteiger partial charge in [-0.25, -0.2) is 0 Å². The lowest BCUT2D eigenvalue weighted by atomic mass is 9.94. The summed E-state index contributed by atoms with van der Waals surface area (Å²) in [4.78, 5) is 23.9. The highest BCUT2D eigenvalue weighted by Gasteiger charge is 2.25. The number of rotatable bonds is 4. The van der Waals surface area contributed by atoms with Gasteiger partial charge in [0.1, 0.15) is 0 Å². The van der Waals surface area contributed by atoms with Gasteiger partial charge in [-0.15, -0.1) is 0 Å². The Labute approximate surface area is 122 Å². The van der Waals surface area contributed by atoms with Crippen LogP contribution in [0.3, 0.4) is 0 Å². The zero-order valence-corrected chi connectivity index (χ0v) is 12.0. The number of benzene rings is 2. The molecule has 0 aliphatic carbocycles. The molecule has 3 N–H and O–H groups in total. The van der Waals surface area contributed by atoms with Gasteiger partial charge in [0.25, 0.3) is 11.8 Å². The van der Waals surface area contributed by atoms with E-state index in [1.807, 2.05) is 32.0 Å². The summed E-state index contributed by atoms with van der Waals surface area (Å²) in [5, 5.41) is 10.6. The highest BCUT2D eigenvalue weighted by molar-refractivity contribution is 6.26. The number of carbonyl (C=O) groups is 2. The maximum atomic E-state index is 12.0. The summed E-state index contributed by atoms with van der Waals surface area (Å²) >= 11 is 0. The topological polar surface area (TPSA) is 70.2 Å². The molecule has 2 aromatic carbocycles. The van der Waals surface area contributed by atoms with Crippen molar-refractivity contribution in [2.24, 2.45) is 0 Å². The van der Waals surface area contributed by atoms with E-state index < -0.39 is 0 Å². The molecule has 0 aromatic heterocycles. The van der Waals surface area contributed by atoms with Crippen LogP contribution >= 0.6 is 0 Å². The molecule has 0 bridgehead atoms. The molecular formula is C16H17N3O2. The number of carbonyl (C=O) groups excluding carboxylic acids is 2. The van der Waals surface area contributed by atoms with E-state index in [1.54, 1.807) is 12.1 Å². The molecule has 3 rings (SSSR count). The number of hydrogen-bond acceptors (Lipinski definition) is 4. The lowest BCUT2D eigenvalue weighted by molar-refractivity contribution is 0.0845. The summed E-state index contributed by atoms with van der Waals surface area (Å²) < 4.78 is 0. The molecule has 21 heavy (non-hydrogen) atoms. The fourth-order valence-corrected chi connectivity index (χ4v) is 2.74. The first-order valence-corrected chi connectivity index (χ1v) is 7.03. The van der Waals surface area contributed by atoms with Crippen molar-refractivity contribution in [3.05, 3.63) is 41.5 Å². The van der Waals surface area contributed by atoms with E-state index in [4.69, 9.17) is 0 Å². The van der Waals surface area contributed by atoms with Crippen molar-refractivity contribution in [1.29, 1.82) is 0 Å². The van der Waals surface area contributed by atoms with E-state index in [2.05, 4.69) is 16.0 Å². The summed E-state index contributed by atoms with van der Waals surface area (Å²) in [5.74, 6) is -0.676. The molecule has 1 heterocycles. The number of imide groups is 1. The third kappa shape index (κ3) is 2.25. The standard InChI is InChI=1S/C16H17N3O2/c1-3-17-9(2)18-13-8-7-12-14-10(13)5-4-6-11(14)15(20)19-16(12)21/h4-9,17-18H,3H2,1-2H3,(H,19,20,21). The Balaban J connectivity index is 2.16. The first-order chi connectivity index (χ1) is 10.1. The van der Waals surface area contributed by atoms with Crippen molar-refractivity contribution >= 4 is 28.3 Å². The molecule has 0 saturated heterocycles. The van der Waals surface area contributed by atoms with E-state index in [0.29, 0.717) is 11.1 Å². The molecule has 1 aliphatic rings. The Bertz CT molecular complexity index is 719. The van der Waals surface area contributed by atoms with Gasteiger partial charge in [-0.2, -0.15) is 0 Å². The van der Waals surface area contributed by atoms with Crippen LogP contribution < -0.4 is 16.0 Å². The molecule has 5 nitrogen and oxygen atoms in total. The molecule has 0 saturated carbocycles. The number of amides is 2. The molecule has 2 amide bonds. The van der Waals surface area contributed by atoms with Crippen molar-refractivity contribution < 1.29 is 9.59 Å². The highest BCUT2D eigenvalue weighted by Crippen LogP contribution is 2.32. The normalized spacial score (nSPS) is 15.0. The molecule has 2 aromatic rings. The van der Waals surface area contributed by atoms with Gasteiger partial charge in [-0.3, -0.25) is 20.2 Å². The Morgan fingerprint density at radius 1 is 1.10 bits per heavy atom. The van der Waals surface area contributed by atoms with E-state index >= 15 is 0 Å². The van der Waals surface area contributed by atoms with Gasteiger partial charge < -0.3 is 5.32 Å². The zero-order valence-electron chi connectivity index (χ0n) is 12.0. The van der Waals surface area contributed by atoms with Crippen LogP contribution in [0.25, 0.3) is 10.8 Å². The van der Waals surface area contributed by atoms with Crippen molar-refractivity contribution in [1.82, 2.24) is 10.6 Å². The Morgan fingerprint density at radius 2 is 1.81 bits per heavy atom. The third-order valence-corrected chi connectivity index (χ3v) is 3.64. The maximum absolute atomic E-state index is 12.0. The van der Waals surface area contributed by atoms with Gasteiger partial charge in [0.05, 0.1) is 6.17 Å². The number of nitrogens with one attached hydrogen (secondary N) is 3. The van der Waals surface area contributed by atoms with Crippen LogP contribution in [-0.2, 0) is 0 Å². The largest absolute Gasteiger partial charge is 0.370 e. The number of anilines is 1. The summed E-state index contributed by atoms with van der Waals surface area (Å²) in [6.45, 7) is 4.92. The van der Waals surface area contributed by atoms with Crippen molar-refractivity contribution in [2.75, 3.05) is 11.9 Å². The minimum atomic E-state index is -0.338. The summed E-state index contributed by atoms with van der Waals surface area (Å²) in [5.41, 5.74) is 2.00. The second-order valence-corrected chi connectivity index (χ2v) is 5.10. The molecule has 1 atom stereocenters. The highest BCUT2D eigenvalue weighted by atomic mass is 16.2. The van der Waals surface area contributed by atoms with Crippen LogP contribution in [0.4, 0.5) is 5.69 Å². The van der Waals surface area contributed by atoms with Gasteiger partial charge >= 0.3 is 0 Å². The average molecular weight is 283 g/mol. The smallest absolute Gasteiger partial charge is 0.258 e.